The molecule has 1 atom stereocenters. The molecular weight excluding hydrogens is 240 g/mol. The molecule has 0 radical (unpaired) electrons. The first-order chi connectivity index (χ1) is 9.22. The minimum atomic E-state index is -0.531. The molecule has 102 valence electrons. The van der Waals surface area contributed by atoms with E-state index >= 15 is 0 Å². The molecule has 0 spiro atoms. The number of H-pyrrole nitrogens is 1. The van der Waals surface area contributed by atoms with Gasteiger partial charge in [-0.3, -0.25) is 4.79 Å². The normalized spacial score (nSPS) is 12.5. The van der Waals surface area contributed by atoms with Crippen molar-refractivity contribution in [2.45, 2.75) is 18.9 Å². The van der Waals surface area contributed by atoms with Crippen LogP contribution in [0.1, 0.15) is 12.0 Å². The third-order valence-electron chi connectivity index (χ3n) is 3.13. The van der Waals surface area contributed by atoms with Crippen LogP contribution in [0.2, 0.25) is 0 Å². The SMILES string of the molecule is NCCCNC(=O)C(N)Cc1c[nH]c2ccccc12. The molecule has 0 saturated heterocycles. The molecule has 0 aliphatic rings. The van der Waals surface area contributed by atoms with Crippen LogP contribution in [0.25, 0.3) is 10.9 Å². The van der Waals surface area contributed by atoms with Gasteiger partial charge < -0.3 is 21.8 Å². The highest BCUT2D eigenvalue weighted by Crippen LogP contribution is 2.18. The Morgan fingerprint density at radius 3 is 2.95 bits per heavy atom. The molecule has 0 saturated carbocycles. The first-order valence-corrected chi connectivity index (χ1v) is 6.50. The summed E-state index contributed by atoms with van der Waals surface area (Å²) in [5, 5.41) is 3.91. The first kappa shape index (κ1) is 13.6. The van der Waals surface area contributed by atoms with Crippen molar-refractivity contribution in [3.05, 3.63) is 36.0 Å². The van der Waals surface area contributed by atoms with Crippen LogP contribution in [0.15, 0.2) is 30.5 Å². The number of hydrogen-bond acceptors (Lipinski definition) is 3. The van der Waals surface area contributed by atoms with Crippen molar-refractivity contribution in [1.82, 2.24) is 10.3 Å². The fourth-order valence-corrected chi connectivity index (χ4v) is 2.07. The van der Waals surface area contributed by atoms with Crippen molar-refractivity contribution in [2.24, 2.45) is 11.5 Å². The molecule has 5 nitrogen and oxygen atoms in total. The number of aromatic amines is 1. The summed E-state index contributed by atoms with van der Waals surface area (Å²) in [7, 11) is 0. The number of nitrogens with one attached hydrogen (secondary N) is 2. The molecule has 1 unspecified atom stereocenters. The predicted molar refractivity (Wildman–Crippen MR) is 76.7 cm³/mol. The lowest BCUT2D eigenvalue weighted by molar-refractivity contribution is -0.122. The van der Waals surface area contributed by atoms with Crippen LogP contribution >= 0.6 is 0 Å². The van der Waals surface area contributed by atoms with Gasteiger partial charge in [0.15, 0.2) is 0 Å². The Bertz CT molecular complexity index is 549. The summed E-state index contributed by atoms with van der Waals surface area (Å²) < 4.78 is 0. The number of hydrogen-bond donors (Lipinski definition) is 4. The average Bonchev–Trinajstić information content (AvgIpc) is 2.82. The minimum absolute atomic E-state index is 0.126. The molecule has 2 aromatic rings. The second-order valence-electron chi connectivity index (χ2n) is 4.60. The van der Waals surface area contributed by atoms with Crippen molar-refractivity contribution in [1.29, 1.82) is 0 Å². The molecule has 1 aromatic heterocycles. The molecule has 0 aliphatic heterocycles. The first-order valence-electron chi connectivity index (χ1n) is 6.50. The fraction of sp³-hybridized carbons (Fsp3) is 0.357. The summed E-state index contributed by atoms with van der Waals surface area (Å²) in [4.78, 5) is 15.0. The molecule has 0 fully saturated rings. The number of aromatic nitrogens is 1. The average molecular weight is 260 g/mol. The largest absolute Gasteiger partial charge is 0.361 e. The van der Waals surface area contributed by atoms with Crippen LogP contribution in [0.4, 0.5) is 0 Å². The maximum atomic E-state index is 11.8. The van der Waals surface area contributed by atoms with E-state index in [0.29, 0.717) is 19.5 Å². The molecule has 2 rings (SSSR count). The molecule has 0 aliphatic carbocycles. The third-order valence-corrected chi connectivity index (χ3v) is 3.13. The molecule has 5 heteroatoms. The van der Waals surface area contributed by atoms with E-state index in [2.05, 4.69) is 10.3 Å². The van der Waals surface area contributed by atoms with Crippen molar-refractivity contribution >= 4 is 16.8 Å². The number of rotatable bonds is 6. The maximum Gasteiger partial charge on any atom is 0.237 e. The van der Waals surface area contributed by atoms with Crippen LogP contribution in [0, 0.1) is 0 Å². The van der Waals surface area contributed by atoms with E-state index < -0.39 is 6.04 Å². The molecule has 0 bridgehead atoms. The zero-order chi connectivity index (χ0) is 13.7. The summed E-state index contributed by atoms with van der Waals surface area (Å²) in [6.45, 7) is 1.15. The molecule has 19 heavy (non-hydrogen) atoms. The van der Waals surface area contributed by atoms with Gasteiger partial charge in [-0.2, -0.15) is 0 Å². The van der Waals surface area contributed by atoms with Gasteiger partial charge in [-0.15, -0.1) is 0 Å². The van der Waals surface area contributed by atoms with E-state index in [1.165, 1.54) is 0 Å². The number of nitrogens with two attached hydrogens (primary N) is 2. The van der Waals surface area contributed by atoms with Crippen LogP contribution in [-0.2, 0) is 11.2 Å². The van der Waals surface area contributed by atoms with Gasteiger partial charge in [0.25, 0.3) is 0 Å². The third kappa shape index (κ3) is 3.33. The van der Waals surface area contributed by atoms with Crippen molar-refractivity contribution in [3.63, 3.8) is 0 Å². The fourth-order valence-electron chi connectivity index (χ4n) is 2.07. The van der Waals surface area contributed by atoms with Gasteiger partial charge >= 0.3 is 0 Å². The van der Waals surface area contributed by atoms with Gasteiger partial charge in [0.05, 0.1) is 6.04 Å². The second kappa shape index (κ2) is 6.36. The van der Waals surface area contributed by atoms with E-state index in [1.807, 2.05) is 30.5 Å². The Labute approximate surface area is 112 Å². The second-order valence-corrected chi connectivity index (χ2v) is 4.60. The van der Waals surface area contributed by atoms with E-state index in [4.69, 9.17) is 11.5 Å². The van der Waals surface area contributed by atoms with Gasteiger partial charge in [-0.05, 0) is 31.0 Å². The lowest BCUT2D eigenvalue weighted by atomic mass is 10.1. The zero-order valence-corrected chi connectivity index (χ0v) is 10.9. The van der Waals surface area contributed by atoms with Crippen LogP contribution < -0.4 is 16.8 Å². The van der Waals surface area contributed by atoms with E-state index in [-0.39, 0.29) is 5.91 Å². The smallest absolute Gasteiger partial charge is 0.237 e. The number of carbonyl (C=O) groups excluding carboxylic acids is 1. The molecule has 1 amide bonds. The molecular formula is C14H20N4O. The number of benzene rings is 1. The lowest BCUT2D eigenvalue weighted by Gasteiger charge is -2.11. The monoisotopic (exact) mass is 260 g/mol. The minimum Gasteiger partial charge on any atom is -0.361 e. The van der Waals surface area contributed by atoms with Crippen LogP contribution in [0.5, 0.6) is 0 Å². The lowest BCUT2D eigenvalue weighted by Crippen LogP contribution is -2.42. The Kier molecular flexibility index (Phi) is 4.54. The zero-order valence-electron chi connectivity index (χ0n) is 10.9. The molecule has 1 aromatic carbocycles. The summed E-state index contributed by atoms with van der Waals surface area (Å²) in [5.41, 5.74) is 13.4. The van der Waals surface area contributed by atoms with E-state index in [0.717, 1.165) is 22.9 Å². The summed E-state index contributed by atoms with van der Waals surface area (Å²) in [5.74, 6) is -0.126. The quantitative estimate of drug-likeness (QED) is 0.569. The number of amides is 1. The van der Waals surface area contributed by atoms with E-state index in [9.17, 15) is 4.79 Å². The Morgan fingerprint density at radius 2 is 2.16 bits per heavy atom. The van der Waals surface area contributed by atoms with Gasteiger partial charge in [0.1, 0.15) is 0 Å². The molecule has 1 heterocycles. The number of para-hydroxylation sites is 1. The Hall–Kier alpha value is -1.85. The Morgan fingerprint density at radius 1 is 1.37 bits per heavy atom. The maximum absolute atomic E-state index is 11.8. The van der Waals surface area contributed by atoms with Gasteiger partial charge in [-0.25, -0.2) is 0 Å². The van der Waals surface area contributed by atoms with Crippen molar-refractivity contribution < 1.29 is 4.79 Å². The highest BCUT2D eigenvalue weighted by molar-refractivity contribution is 5.86. The Balaban J connectivity index is 1.98. The number of fused-ring (bicyclic) bond motifs is 1. The van der Waals surface area contributed by atoms with E-state index in [1.54, 1.807) is 0 Å². The van der Waals surface area contributed by atoms with Crippen molar-refractivity contribution in [2.75, 3.05) is 13.1 Å². The van der Waals surface area contributed by atoms with Crippen molar-refractivity contribution in [3.8, 4) is 0 Å². The van der Waals surface area contributed by atoms with Crippen LogP contribution in [0.3, 0.4) is 0 Å². The molecule has 6 N–H and O–H groups in total. The highest BCUT2D eigenvalue weighted by Gasteiger charge is 2.15. The highest BCUT2D eigenvalue weighted by atomic mass is 16.2. The summed E-state index contributed by atoms with van der Waals surface area (Å²) in [6, 6.07) is 7.46. The van der Waals surface area contributed by atoms with Gasteiger partial charge in [0.2, 0.25) is 5.91 Å². The summed E-state index contributed by atoms with van der Waals surface area (Å²) >= 11 is 0. The predicted octanol–water partition coefficient (Wildman–Crippen LogP) is 0.503. The van der Waals surface area contributed by atoms with Gasteiger partial charge in [0, 0.05) is 23.6 Å². The summed E-state index contributed by atoms with van der Waals surface area (Å²) in [6.07, 6.45) is 3.21. The van der Waals surface area contributed by atoms with Gasteiger partial charge in [-0.1, -0.05) is 18.2 Å². The topological polar surface area (TPSA) is 96.9 Å². The standard InChI is InChI=1S/C14H20N4O/c15-6-3-7-17-14(19)12(16)8-10-9-18-13-5-2-1-4-11(10)13/h1-2,4-5,9,12,18H,3,6-8,15-16H2,(H,17,19). The number of carbonyl (C=O) groups is 1. The van der Waals surface area contributed by atoms with Crippen LogP contribution in [-0.4, -0.2) is 30.0 Å².